The number of benzene rings is 1. The number of esters is 1. The number of hydrogen-bond acceptors (Lipinski definition) is 4. The number of fused-ring (bicyclic) bond motifs is 1. The van der Waals surface area contributed by atoms with Crippen LogP contribution in [0.15, 0.2) is 24.3 Å². The number of para-hydroxylation sites is 1. The normalized spacial score (nSPS) is 19.0. The number of nitrogens with one attached hydrogen (secondary N) is 1. The summed E-state index contributed by atoms with van der Waals surface area (Å²) in [6.07, 6.45) is 3.07. The minimum Gasteiger partial charge on any atom is -0.468 e. The highest BCUT2D eigenvalue weighted by Crippen LogP contribution is 2.30. The molecule has 1 aromatic rings. The molecular formula is C17H26N2O2. The zero-order chi connectivity index (χ0) is 15.2. The summed E-state index contributed by atoms with van der Waals surface area (Å²) in [5.74, 6) is -0.171. The van der Waals surface area contributed by atoms with Crippen LogP contribution >= 0.6 is 0 Å². The van der Waals surface area contributed by atoms with Crippen LogP contribution in [0.3, 0.4) is 0 Å². The highest BCUT2D eigenvalue weighted by Gasteiger charge is 2.25. The van der Waals surface area contributed by atoms with Crippen LogP contribution in [0, 0.1) is 0 Å². The van der Waals surface area contributed by atoms with Gasteiger partial charge in [-0.2, -0.15) is 0 Å². The topological polar surface area (TPSA) is 41.6 Å². The Morgan fingerprint density at radius 1 is 1.48 bits per heavy atom. The Morgan fingerprint density at radius 2 is 2.24 bits per heavy atom. The van der Waals surface area contributed by atoms with E-state index in [1.807, 2.05) is 6.92 Å². The van der Waals surface area contributed by atoms with Gasteiger partial charge >= 0.3 is 5.97 Å². The Bertz CT molecular complexity index is 476. The minimum atomic E-state index is -0.221. The maximum absolute atomic E-state index is 11.8. The van der Waals surface area contributed by atoms with Crippen LogP contribution in [0.4, 0.5) is 5.69 Å². The lowest BCUT2D eigenvalue weighted by molar-refractivity contribution is -0.143. The molecule has 1 aromatic carbocycles. The second kappa shape index (κ2) is 7.46. The van der Waals surface area contributed by atoms with E-state index < -0.39 is 0 Å². The maximum atomic E-state index is 11.8. The molecule has 0 radical (unpaired) electrons. The fourth-order valence-corrected chi connectivity index (χ4v) is 3.06. The van der Waals surface area contributed by atoms with E-state index in [4.69, 9.17) is 4.74 Å². The van der Waals surface area contributed by atoms with Gasteiger partial charge in [-0.25, -0.2) is 0 Å². The number of methoxy groups -OCH3 is 1. The van der Waals surface area contributed by atoms with Gasteiger partial charge in [-0.1, -0.05) is 25.1 Å². The second-order valence-electron chi connectivity index (χ2n) is 5.63. The van der Waals surface area contributed by atoms with Crippen LogP contribution in [-0.2, 0) is 16.0 Å². The smallest absolute Gasteiger partial charge is 0.322 e. The maximum Gasteiger partial charge on any atom is 0.322 e. The Balaban J connectivity index is 2.06. The Labute approximate surface area is 127 Å². The number of carbonyl (C=O) groups excluding carboxylic acids is 1. The molecule has 0 fully saturated rings. The molecule has 4 heteroatoms. The Hall–Kier alpha value is -1.55. The van der Waals surface area contributed by atoms with Crippen molar-refractivity contribution < 1.29 is 9.53 Å². The van der Waals surface area contributed by atoms with Gasteiger partial charge in [0.1, 0.15) is 6.04 Å². The molecule has 1 aliphatic heterocycles. The fraction of sp³-hybridized carbons (Fsp3) is 0.588. The first-order valence-corrected chi connectivity index (χ1v) is 7.83. The SMILES string of the molecule is CCNC(CCN1c2ccccc2CCC1C)C(=O)OC. The van der Waals surface area contributed by atoms with Crippen molar-refractivity contribution in [3.05, 3.63) is 29.8 Å². The van der Waals surface area contributed by atoms with E-state index in [1.165, 1.54) is 24.8 Å². The summed E-state index contributed by atoms with van der Waals surface area (Å²) in [6, 6.07) is 8.87. The van der Waals surface area contributed by atoms with Gasteiger partial charge in [0.05, 0.1) is 7.11 Å². The number of likely N-dealkylation sites (N-methyl/N-ethyl adjacent to an activating group) is 1. The summed E-state index contributed by atoms with van der Waals surface area (Å²) in [5.41, 5.74) is 2.73. The first kappa shape index (κ1) is 15.8. The van der Waals surface area contributed by atoms with E-state index >= 15 is 0 Å². The van der Waals surface area contributed by atoms with Gasteiger partial charge in [-0.15, -0.1) is 0 Å². The van der Waals surface area contributed by atoms with Gasteiger partial charge in [-0.05, 0) is 44.4 Å². The standard InChI is InChI=1S/C17H26N2O2/c1-4-18-15(17(20)21-3)11-12-19-13(2)9-10-14-7-5-6-8-16(14)19/h5-8,13,15,18H,4,9-12H2,1-3H3. The third-order valence-electron chi connectivity index (χ3n) is 4.26. The quantitative estimate of drug-likeness (QED) is 0.817. The molecule has 4 nitrogen and oxygen atoms in total. The van der Waals surface area contributed by atoms with Crippen LogP contribution in [0.5, 0.6) is 0 Å². The number of aryl methyl sites for hydroxylation is 1. The van der Waals surface area contributed by atoms with E-state index in [-0.39, 0.29) is 12.0 Å². The van der Waals surface area contributed by atoms with Crippen molar-refractivity contribution in [1.29, 1.82) is 0 Å². The van der Waals surface area contributed by atoms with E-state index in [9.17, 15) is 4.79 Å². The molecule has 1 aliphatic rings. The Kier molecular flexibility index (Phi) is 5.62. The van der Waals surface area contributed by atoms with E-state index in [1.54, 1.807) is 0 Å². The van der Waals surface area contributed by atoms with Crippen LogP contribution in [0.1, 0.15) is 32.3 Å². The monoisotopic (exact) mass is 290 g/mol. The largest absolute Gasteiger partial charge is 0.468 e. The fourth-order valence-electron chi connectivity index (χ4n) is 3.06. The first-order valence-electron chi connectivity index (χ1n) is 7.83. The van der Waals surface area contributed by atoms with Gasteiger partial charge in [0.25, 0.3) is 0 Å². The lowest BCUT2D eigenvalue weighted by Crippen LogP contribution is -2.44. The molecule has 1 heterocycles. The minimum absolute atomic E-state index is 0.171. The van der Waals surface area contributed by atoms with E-state index in [2.05, 4.69) is 41.4 Å². The van der Waals surface area contributed by atoms with Crippen molar-refractivity contribution in [2.24, 2.45) is 0 Å². The number of hydrogen-bond donors (Lipinski definition) is 1. The van der Waals surface area contributed by atoms with Gasteiger partial charge in [-0.3, -0.25) is 4.79 Å². The third-order valence-corrected chi connectivity index (χ3v) is 4.26. The lowest BCUT2D eigenvalue weighted by atomic mass is 9.96. The van der Waals surface area contributed by atoms with Crippen LogP contribution in [-0.4, -0.2) is 38.3 Å². The highest BCUT2D eigenvalue weighted by atomic mass is 16.5. The van der Waals surface area contributed by atoms with Crippen LogP contribution in [0.2, 0.25) is 0 Å². The molecular weight excluding hydrogens is 264 g/mol. The van der Waals surface area contributed by atoms with Gasteiger partial charge in [0.2, 0.25) is 0 Å². The number of anilines is 1. The molecule has 21 heavy (non-hydrogen) atoms. The summed E-state index contributed by atoms with van der Waals surface area (Å²) in [4.78, 5) is 14.2. The molecule has 0 saturated heterocycles. The lowest BCUT2D eigenvalue weighted by Gasteiger charge is -2.37. The molecule has 116 valence electrons. The first-order chi connectivity index (χ1) is 10.2. The highest BCUT2D eigenvalue weighted by molar-refractivity contribution is 5.75. The average molecular weight is 290 g/mol. The van der Waals surface area contributed by atoms with E-state index in [0.29, 0.717) is 6.04 Å². The van der Waals surface area contributed by atoms with Crippen molar-refractivity contribution in [3.63, 3.8) is 0 Å². The molecule has 1 N–H and O–H groups in total. The summed E-state index contributed by atoms with van der Waals surface area (Å²) in [5, 5.41) is 3.21. The van der Waals surface area contributed by atoms with Crippen molar-refractivity contribution in [2.45, 2.75) is 45.2 Å². The van der Waals surface area contributed by atoms with Crippen LogP contribution < -0.4 is 10.2 Å². The molecule has 2 unspecified atom stereocenters. The molecule has 2 rings (SSSR count). The van der Waals surface area contributed by atoms with Gasteiger partial charge in [0.15, 0.2) is 0 Å². The predicted molar refractivity (Wildman–Crippen MR) is 85.7 cm³/mol. The third kappa shape index (κ3) is 3.76. The number of rotatable bonds is 6. The summed E-state index contributed by atoms with van der Waals surface area (Å²) in [6.45, 7) is 5.90. The van der Waals surface area contributed by atoms with Crippen molar-refractivity contribution in [1.82, 2.24) is 5.32 Å². The predicted octanol–water partition coefficient (Wildman–Crippen LogP) is 2.37. The molecule has 2 atom stereocenters. The van der Waals surface area contributed by atoms with Crippen molar-refractivity contribution >= 4 is 11.7 Å². The molecule has 0 saturated carbocycles. The summed E-state index contributed by atoms with van der Waals surface area (Å²) >= 11 is 0. The zero-order valence-electron chi connectivity index (χ0n) is 13.3. The van der Waals surface area contributed by atoms with Crippen molar-refractivity contribution in [3.8, 4) is 0 Å². The molecule has 0 amide bonds. The average Bonchev–Trinajstić information content (AvgIpc) is 2.52. The molecule has 0 aromatic heterocycles. The summed E-state index contributed by atoms with van der Waals surface area (Å²) < 4.78 is 4.88. The van der Waals surface area contributed by atoms with Crippen molar-refractivity contribution in [2.75, 3.05) is 25.1 Å². The van der Waals surface area contributed by atoms with Gasteiger partial charge in [0, 0.05) is 18.3 Å². The van der Waals surface area contributed by atoms with Crippen LogP contribution in [0.25, 0.3) is 0 Å². The second-order valence-corrected chi connectivity index (χ2v) is 5.63. The summed E-state index contributed by atoms with van der Waals surface area (Å²) in [7, 11) is 1.45. The Morgan fingerprint density at radius 3 is 2.95 bits per heavy atom. The van der Waals surface area contributed by atoms with Gasteiger partial charge < -0.3 is 15.0 Å². The zero-order valence-corrected chi connectivity index (χ0v) is 13.3. The molecule has 0 spiro atoms. The van der Waals surface area contributed by atoms with E-state index in [0.717, 1.165) is 25.9 Å². The number of ether oxygens (including phenoxy) is 1. The molecule has 0 aliphatic carbocycles. The molecule has 0 bridgehead atoms. The number of nitrogens with zero attached hydrogens (tertiary/aromatic N) is 1. The number of carbonyl (C=O) groups is 1.